The summed E-state index contributed by atoms with van der Waals surface area (Å²) in [7, 11) is 0. The predicted molar refractivity (Wildman–Crippen MR) is 75.4 cm³/mol. The van der Waals surface area contributed by atoms with E-state index >= 15 is 0 Å². The second-order valence-electron chi connectivity index (χ2n) is 3.52. The molecule has 0 spiro atoms. The summed E-state index contributed by atoms with van der Waals surface area (Å²) < 4.78 is 6.65. The van der Waals surface area contributed by atoms with Crippen molar-refractivity contribution in [1.29, 1.82) is 5.26 Å². The van der Waals surface area contributed by atoms with Crippen LogP contribution in [-0.2, 0) is 4.43 Å². The highest BCUT2D eigenvalue weighted by Gasteiger charge is 1.98. The van der Waals surface area contributed by atoms with Crippen molar-refractivity contribution in [2.45, 2.75) is 4.43 Å². The smallest absolute Gasteiger partial charge is 0.128 e. The molecule has 2 nitrogen and oxygen atoms in total. The van der Waals surface area contributed by atoms with Crippen molar-refractivity contribution in [1.82, 2.24) is 0 Å². The standard InChI is InChI=1S/C14H10INO/c15-9-11-4-6-13(7-5-11)17-14-3-1-2-12(8-14)10-16/h1-8H,9H2. The largest absolute Gasteiger partial charge is 0.457 e. The van der Waals surface area contributed by atoms with Gasteiger partial charge in [-0.25, -0.2) is 0 Å². The van der Waals surface area contributed by atoms with Gasteiger partial charge in [-0.15, -0.1) is 0 Å². The fourth-order valence-corrected chi connectivity index (χ4v) is 1.92. The van der Waals surface area contributed by atoms with E-state index in [2.05, 4.69) is 28.7 Å². The first-order valence-electron chi connectivity index (χ1n) is 5.15. The number of benzene rings is 2. The molecule has 2 rings (SSSR count). The third-order valence-corrected chi connectivity index (χ3v) is 3.16. The summed E-state index contributed by atoms with van der Waals surface area (Å²) in [5, 5.41) is 8.79. The lowest BCUT2D eigenvalue weighted by Gasteiger charge is -2.06. The monoisotopic (exact) mass is 335 g/mol. The highest BCUT2D eigenvalue weighted by Crippen LogP contribution is 2.22. The Labute approximate surface area is 114 Å². The molecule has 0 radical (unpaired) electrons. The Balaban J connectivity index is 2.16. The topological polar surface area (TPSA) is 33.0 Å². The second-order valence-corrected chi connectivity index (χ2v) is 4.28. The van der Waals surface area contributed by atoms with Gasteiger partial charge in [-0.3, -0.25) is 0 Å². The van der Waals surface area contributed by atoms with E-state index < -0.39 is 0 Å². The lowest BCUT2D eigenvalue weighted by molar-refractivity contribution is 0.482. The molecule has 0 N–H and O–H groups in total. The molecular weight excluding hydrogens is 325 g/mol. The van der Waals surface area contributed by atoms with Gasteiger partial charge in [-0.2, -0.15) is 5.26 Å². The maximum atomic E-state index is 8.79. The first-order chi connectivity index (χ1) is 8.31. The van der Waals surface area contributed by atoms with Crippen LogP contribution in [0.3, 0.4) is 0 Å². The lowest BCUT2D eigenvalue weighted by atomic mass is 10.2. The number of nitriles is 1. The summed E-state index contributed by atoms with van der Waals surface area (Å²) in [6.45, 7) is 0. The molecule has 0 unspecified atom stereocenters. The summed E-state index contributed by atoms with van der Waals surface area (Å²) in [6, 6.07) is 17.2. The van der Waals surface area contributed by atoms with E-state index in [4.69, 9.17) is 10.00 Å². The third-order valence-electron chi connectivity index (χ3n) is 2.28. The van der Waals surface area contributed by atoms with Gasteiger partial charge in [0, 0.05) is 4.43 Å². The van der Waals surface area contributed by atoms with Crippen molar-refractivity contribution < 1.29 is 4.74 Å². The van der Waals surface area contributed by atoms with E-state index in [-0.39, 0.29) is 0 Å². The van der Waals surface area contributed by atoms with Crippen LogP contribution in [0, 0.1) is 11.3 Å². The van der Waals surface area contributed by atoms with E-state index in [1.807, 2.05) is 36.4 Å². The first-order valence-corrected chi connectivity index (χ1v) is 6.67. The maximum absolute atomic E-state index is 8.79. The minimum Gasteiger partial charge on any atom is -0.457 e. The van der Waals surface area contributed by atoms with E-state index in [0.717, 1.165) is 10.2 Å². The molecule has 0 saturated heterocycles. The van der Waals surface area contributed by atoms with Crippen LogP contribution in [0.25, 0.3) is 0 Å². The summed E-state index contributed by atoms with van der Waals surface area (Å²) in [5.41, 5.74) is 1.87. The number of rotatable bonds is 3. The molecular formula is C14H10INO. The molecule has 2 aromatic carbocycles. The maximum Gasteiger partial charge on any atom is 0.128 e. The first kappa shape index (κ1) is 11.9. The molecule has 0 aromatic heterocycles. The Morgan fingerprint density at radius 2 is 1.82 bits per heavy atom. The highest BCUT2D eigenvalue weighted by atomic mass is 127. The van der Waals surface area contributed by atoms with E-state index in [1.54, 1.807) is 12.1 Å². The van der Waals surface area contributed by atoms with Crippen LogP contribution in [0.1, 0.15) is 11.1 Å². The van der Waals surface area contributed by atoms with Gasteiger partial charge < -0.3 is 4.74 Å². The summed E-state index contributed by atoms with van der Waals surface area (Å²) in [6.07, 6.45) is 0. The van der Waals surface area contributed by atoms with Crippen molar-refractivity contribution in [3.8, 4) is 17.6 Å². The van der Waals surface area contributed by atoms with Crippen LogP contribution in [0.4, 0.5) is 0 Å². The van der Waals surface area contributed by atoms with Crippen LogP contribution in [-0.4, -0.2) is 0 Å². The van der Waals surface area contributed by atoms with Crippen LogP contribution in [0.2, 0.25) is 0 Å². The average Bonchev–Trinajstić information content (AvgIpc) is 2.40. The zero-order valence-corrected chi connectivity index (χ0v) is 11.2. The number of hydrogen-bond acceptors (Lipinski definition) is 2. The van der Waals surface area contributed by atoms with Gasteiger partial charge in [0.2, 0.25) is 0 Å². The average molecular weight is 335 g/mol. The SMILES string of the molecule is N#Cc1cccc(Oc2ccc(CI)cc2)c1. The number of nitrogens with zero attached hydrogens (tertiary/aromatic N) is 1. The minimum absolute atomic E-state index is 0.603. The van der Waals surface area contributed by atoms with Crippen molar-refractivity contribution in [2.24, 2.45) is 0 Å². The fourth-order valence-electron chi connectivity index (χ4n) is 1.41. The van der Waals surface area contributed by atoms with Crippen molar-refractivity contribution in [3.63, 3.8) is 0 Å². The Morgan fingerprint density at radius 3 is 2.47 bits per heavy atom. The van der Waals surface area contributed by atoms with Gasteiger partial charge in [0.15, 0.2) is 0 Å². The van der Waals surface area contributed by atoms with Crippen molar-refractivity contribution >= 4 is 22.6 Å². The molecule has 3 heteroatoms. The summed E-state index contributed by atoms with van der Waals surface area (Å²) >= 11 is 2.32. The van der Waals surface area contributed by atoms with Crippen molar-refractivity contribution in [3.05, 3.63) is 59.7 Å². The molecule has 0 aliphatic carbocycles. The van der Waals surface area contributed by atoms with Gasteiger partial charge in [-0.05, 0) is 35.9 Å². The van der Waals surface area contributed by atoms with Crippen LogP contribution in [0.5, 0.6) is 11.5 Å². The Hall–Kier alpha value is -1.54. The normalized spacial score (nSPS) is 9.65. The molecule has 0 amide bonds. The number of hydrogen-bond donors (Lipinski definition) is 0. The second kappa shape index (κ2) is 5.69. The molecule has 0 aliphatic heterocycles. The van der Waals surface area contributed by atoms with Gasteiger partial charge in [0.05, 0.1) is 11.6 Å². The molecule has 84 valence electrons. The van der Waals surface area contributed by atoms with Gasteiger partial charge >= 0.3 is 0 Å². The summed E-state index contributed by atoms with van der Waals surface area (Å²) in [5.74, 6) is 1.47. The molecule has 0 saturated carbocycles. The molecule has 2 aromatic rings. The Bertz CT molecular complexity index is 543. The van der Waals surface area contributed by atoms with E-state index in [1.165, 1.54) is 5.56 Å². The fraction of sp³-hybridized carbons (Fsp3) is 0.0714. The van der Waals surface area contributed by atoms with Gasteiger partial charge in [-0.1, -0.05) is 40.8 Å². The van der Waals surface area contributed by atoms with E-state index in [9.17, 15) is 0 Å². The lowest BCUT2D eigenvalue weighted by Crippen LogP contribution is -1.85. The van der Waals surface area contributed by atoms with Gasteiger partial charge in [0.1, 0.15) is 11.5 Å². The van der Waals surface area contributed by atoms with E-state index in [0.29, 0.717) is 11.3 Å². The highest BCUT2D eigenvalue weighted by molar-refractivity contribution is 14.1. The van der Waals surface area contributed by atoms with Gasteiger partial charge in [0.25, 0.3) is 0 Å². The zero-order chi connectivity index (χ0) is 12.1. The summed E-state index contributed by atoms with van der Waals surface area (Å²) in [4.78, 5) is 0. The minimum atomic E-state index is 0.603. The molecule has 17 heavy (non-hydrogen) atoms. The molecule has 0 heterocycles. The number of alkyl halides is 1. The van der Waals surface area contributed by atoms with Crippen LogP contribution < -0.4 is 4.74 Å². The predicted octanol–water partition coefficient (Wildman–Crippen LogP) is 4.29. The Kier molecular flexibility index (Phi) is 3.99. The zero-order valence-electron chi connectivity index (χ0n) is 9.06. The molecule has 0 bridgehead atoms. The Morgan fingerprint density at radius 1 is 1.06 bits per heavy atom. The number of ether oxygens (including phenoxy) is 1. The molecule has 0 aliphatic rings. The van der Waals surface area contributed by atoms with Crippen LogP contribution in [0.15, 0.2) is 48.5 Å². The quantitative estimate of drug-likeness (QED) is 0.619. The number of halogens is 1. The molecule has 0 atom stereocenters. The van der Waals surface area contributed by atoms with Crippen LogP contribution >= 0.6 is 22.6 Å². The van der Waals surface area contributed by atoms with Crippen molar-refractivity contribution in [2.75, 3.05) is 0 Å². The third kappa shape index (κ3) is 3.21. The molecule has 0 fully saturated rings.